The van der Waals surface area contributed by atoms with Crippen molar-refractivity contribution in [2.24, 2.45) is 9.98 Å². The van der Waals surface area contributed by atoms with Gasteiger partial charge >= 0.3 is 11.9 Å². The maximum absolute atomic E-state index is 14.5. The first-order chi connectivity index (χ1) is 27.9. The average Bonchev–Trinajstić information content (AvgIpc) is 4.09. The fraction of sp³-hybridized carbons (Fsp3) is 0.0476. The number of benzene rings is 3. The van der Waals surface area contributed by atoms with Crippen LogP contribution in [0.25, 0.3) is 49.1 Å². The lowest BCUT2D eigenvalue weighted by Gasteiger charge is -2.12. The van der Waals surface area contributed by atoms with Crippen LogP contribution in [0, 0.1) is 45.3 Å². The Hall–Kier alpha value is -6.82. The molecule has 15 heteroatoms. The van der Waals surface area contributed by atoms with Crippen LogP contribution in [-0.4, -0.2) is 23.4 Å². The minimum atomic E-state index is -0.557. The van der Waals surface area contributed by atoms with Gasteiger partial charge in [-0.25, -0.2) is 19.6 Å². The van der Waals surface area contributed by atoms with Gasteiger partial charge in [0.1, 0.15) is 47.5 Å². The highest BCUT2D eigenvalue weighted by atomic mass is 32.1. The van der Waals surface area contributed by atoms with Crippen molar-refractivity contribution in [1.82, 2.24) is 0 Å². The summed E-state index contributed by atoms with van der Waals surface area (Å²) in [6.07, 6.45) is 0. The molecule has 0 aliphatic heterocycles. The molecule has 0 fully saturated rings. The van der Waals surface area contributed by atoms with Gasteiger partial charge in [0.25, 0.3) is 0 Å². The number of esters is 2. The molecule has 0 spiro atoms. The number of carbonyl (C=O) groups excluding carboxylic acids is 2. The summed E-state index contributed by atoms with van der Waals surface area (Å²) in [7, 11) is 0. The van der Waals surface area contributed by atoms with E-state index in [9.17, 15) is 30.6 Å². The summed E-state index contributed by atoms with van der Waals surface area (Å²) in [4.78, 5) is 40.4. The lowest BCUT2D eigenvalue weighted by Crippen LogP contribution is -2.10. The molecule has 0 saturated heterocycles. The normalized spacial score (nSPS) is 10.7. The van der Waals surface area contributed by atoms with Crippen molar-refractivity contribution in [2.75, 3.05) is 0 Å². The molecule has 0 radical (unpaired) electrons. The number of carbonyl (C=O) groups is 2. The largest absolute Gasteiger partial charge is 0.457 e. The van der Waals surface area contributed by atoms with Crippen molar-refractivity contribution in [3.05, 3.63) is 119 Å². The number of nitrogens with zero attached hydrogens (tertiary/aromatic N) is 6. The lowest BCUT2D eigenvalue weighted by molar-refractivity contribution is 0.0466. The minimum Gasteiger partial charge on any atom is -0.457 e. The molecule has 5 heterocycles. The zero-order valence-corrected chi connectivity index (χ0v) is 33.1. The monoisotopic (exact) mass is 832 g/mol. The highest BCUT2D eigenvalue weighted by Crippen LogP contribution is 2.52. The van der Waals surface area contributed by atoms with Crippen LogP contribution in [0.5, 0.6) is 0 Å². The summed E-state index contributed by atoms with van der Waals surface area (Å²) >= 11 is 6.76. The molecule has 0 aliphatic rings. The number of ether oxygens (including phenoxy) is 2. The van der Waals surface area contributed by atoms with Crippen molar-refractivity contribution in [2.45, 2.75) is 13.2 Å². The van der Waals surface area contributed by atoms with Crippen LogP contribution in [0.1, 0.15) is 31.8 Å². The summed E-state index contributed by atoms with van der Waals surface area (Å²) in [5.74, 6) is -1.11. The summed E-state index contributed by atoms with van der Waals surface area (Å²) in [5, 5.41) is 39.0. The van der Waals surface area contributed by atoms with Gasteiger partial charge < -0.3 is 9.47 Å². The second-order valence-corrected chi connectivity index (χ2v) is 17.3. The van der Waals surface area contributed by atoms with E-state index in [4.69, 9.17) is 9.47 Å². The topological polar surface area (TPSA) is 172 Å². The van der Waals surface area contributed by atoms with Gasteiger partial charge in [-0.3, -0.25) is 0 Å². The summed E-state index contributed by atoms with van der Waals surface area (Å²) in [6, 6.07) is 36.9. The van der Waals surface area contributed by atoms with E-state index in [-0.39, 0.29) is 24.6 Å². The zero-order valence-electron chi connectivity index (χ0n) is 29.0. The van der Waals surface area contributed by atoms with E-state index >= 15 is 0 Å². The number of rotatable bonds is 10. The van der Waals surface area contributed by atoms with Gasteiger partial charge in [-0.15, -0.1) is 56.7 Å². The number of hydrogen-bond donors (Lipinski definition) is 0. The van der Waals surface area contributed by atoms with Gasteiger partial charge in [0, 0.05) is 35.0 Å². The van der Waals surface area contributed by atoms with Crippen molar-refractivity contribution >= 4 is 120 Å². The third-order valence-electron chi connectivity index (χ3n) is 8.44. The van der Waals surface area contributed by atoms with E-state index in [2.05, 4.69) is 9.98 Å². The molecule has 0 N–H and O–H groups in total. The van der Waals surface area contributed by atoms with Crippen molar-refractivity contribution in [3.8, 4) is 43.8 Å². The number of fused-ring (bicyclic) bond motifs is 4. The highest BCUT2D eigenvalue weighted by Gasteiger charge is 2.30. The van der Waals surface area contributed by atoms with E-state index < -0.39 is 11.9 Å². The SMILES string of the molecule is N#CC(C#N)=Nc1ccc(-c2cc3c(C(=O)OCc4ccccc4)c4sc5cc(-c6ccc(N=C(C#N)C#N)s6)sc5c4c(C(=O)OCc4ccccc4)c3s2)s1. The van der Waals surface area contributed by atoms with E-state index in [1.807, 2.05) is 84.9 Å². The lowest BCUT2D eigenvalue weighted by atomic mass is 10.0. The summed E-state index contributed by atoms with van der Waals surface area (Å²) in [5.41, 5.74) is 1.76. The molecule has 57 heavy (non-hydrogen) atoms. The van der Waals surface area contributed by atoms with Crippen molar-refractivity contribution < 1.29 is 19.1 Å². The van der Waals surface area contributed by atoms with E-state index in [1.165, 1.54) is 56.7 Å². The first-order valence-electron chi connectivity index (χ1n) is 16.7. The Kier molecular flexibility index (Phi) is 10.5. The van der Waals surface area contributed by atoms with Crippen LogP contribution in [0.2, 0.25) is 0 Å². The van der Waals surface area contributed by atoms with Gasteiger partial charge in [0.05, 0.1) is 25.2 Å². The van der Waals surface area contributed by atoms with Gasteiger partial charge in [0.15, 0.2) is 0 Å². The van der Waals surface area contributed by atoms with Crippen LogP contribution < -0.4 is 0 Å². The van der Waals surface area contributed by atoms with Crippen LogP contribution in [-0.2, 0) is 22.7 Å². The molecule has 0 atom stereocenters. The minimum absolute atomic E-state index is 0.0308. The van der Waals surface area contributed by atoms with E-state index in [0.717, 1.165) is 40.0 Å². The second-order valence-electron chi connectivity index (χ2n) is 12.0. The first kappa shape index (κ1) is 37.1. The molecule has 0 unspecified atom stereocenters. The molecule has 0 aliphatic carbocycles. The fourth-order valence-corrected chi connectivity index (χ4v) is 11.8. The Morgan fingerprint density at radius 1 is 0.526 bits per heavy atom. The molecule has 5 aromatic heterocycles. The summed E-state index contributed by atoms with van der Waals surface area (Å²) in [6.45, 7) is 0.0718. The van der Waals surface area contributed by atoms with E-state index in [0.29, 0.717) is 41.3 Å². The Labute approximate surface area is 343 Å². The first-order valence-corrected chi connectivity index (χ1v) is 20.8. The molecule has 8 rings (SSSR count). The molecular formula is C42H20N6O4S5. The number of nitriles is 4. The quantitative estimate of drug-likeness (QED) is 0.0967. The van der Waals surface area contributed by atoms with Gasteiger partial charge in [-0.1, -0.05) is 60.7 Å². The number of thiophene rings is 5. The third kappa shape index (κ3) is 7.45. The van der Waals surface area contributed by atoms with E-state index in [1.54, 1.807) is 36.4 Å². The van der Waals surface area contributed by atoms with Crippen LogP contribution in [0.15, 0.2) is 107 Å². The van der Waals surface area contributed by atoms with Crippen LogP contribution in [0.3, 0.4) is 0 Å². The van der Waals surface area contributed by atoms with Gasteiger partial charge in [-0.2, -0.15) is 21.0 Å². The smallest absolute Gasteiger partial charge is 0.340 e. The van der Waals surface area contributed by atoms with Gasteiger partial charge in [0.2, 0.25) is 11.4 Å². The predicted octanol–water partition coefficient (Wildman–Crippen LogP) is 11.7. The highest BCUT2D eigenvalue weighted by molar-refractivity contribution is 7.35. The third-order valence-corrected chi connectivity index (χ3v) is 14.4. The maximum Gasteiger partial charge on any atom is 0.340 e. The maximum atomic E-state index is 14.5. The standard InChI is InChI=1S/C42H20N6O4S5/c43-17-25(18-44)47-33-13-11-28(53-33)30-15-27-35(41(49)51-21-23-7-3-1-4-8-23)40-36(37(38(27)55-30)42(50)52-22-24-9-5-2-6-10-24)39-32(57-40)16-31(56-39)29-12-14-34(54-29)48-26(19-45)20-46/h1-16H,21-22H2. The molecule has 0 bridgehead atoms. The molecule has 8 aromatic rings. The van der Waals surface area contributed by atoms with Crippen molar-refractivity contribution in [1.29, 1.82) is 21.0 Å². The molecule has 10 nitrogen and oxygen atoms in total. The zero-order chi connectivity index (χ0) is 39.5. The fourth-order valence-electron chi connectivity index (χ4n) is 5.93. The second kappa shape index (κ2) is 16.1. The van der Waals surface area contributed by atoms with Gasteiger partial charge in [-0.05, 0) is 47.5 Å². The summed E-state index contributed by atoms with van der Waals surface area (Å²) < 4.78 is 14.7. The Balaban J connectivity index is 1.34. The molecule has 3 aromatic carbocycles. The van der Waals surface area contributed by atoms with Crippen LogP contribution in [0.4, 0.5) is 10.0 Å². The molecule has 0 amide bonds. The number of aliphatic imine (C=N–C) groups is 2. The number of hydrogen-bond acceptors (Lipinski definition) is 15. The Morgan fingerprint density at radius 3 is 1.54 bits per heavy atom. The average molecular weight is 833 g/mol. The van der Waals surface area contributed by atoms with Crippen LogP contribution >= 0.6 is 56.7 Å². The Morgan fingerprint density at radius 2 is 1.02 bits per heavy atom. The molecular weight excluding hydrogens is 813 g/mol. The Bertz CT molecular complexity index is 3090. The molecule has 272 valence electrons. The molecule has 0 saturated carbocycles. The van der Waals surface area contributed by atoms with Crippen molar-refractivity contribution in [3.63, 3.8) is 0 Å². The predicted molar refractivity (Wildman–Crippen MR) is 227 cm³/mol.